The summed E-state index contributed by atoms with van der Waals surface area (Å²) in [6.07, 6.45) is 0. The first-order valence-corrected chi connectivity index (χ1v) is 9.40. The number of anilines is 1. The van der Waals surface area contributed by atoms with Crippen LogP contribution >= 0.6 is 11.3 Å². The Bertz CT molecular complexity index is 1070. The Labute approximate surface area is 165 Å². The molecule has 8 heteroatoms. The monoisotopic (exact) mass is 392 g/mol. The van der Waals surface area contributed by atoms with E-state index in [0.29, 0.717) is 22.6 Å². The minimum atomic E-state index is -0.261. The average molecular weight is 392 g/mol. The van der Waals surface area contributed by atoms with Gasteiger partial charge in [-0.3, -0.25) is 10.1 Å². The molecule has 28 heavy (non-hydrogen) atoms. The maximum atomic E-state index is 11.9. The summed E-state index contributed by atoms with van der Waals surface area (Å²) in [6, 6.07) is 16.7. The smallest absolute Gasteiger partial charge is 0.264 e. The summed E-state index contributed by atoms with van der Waals surface area (Å²) < 4.78 is 10.9. The van der Waals surface area contributed by atoms with Gasteiger partial charge in [0.2, 0.25) is 5.82 Å². The normalized spacial score (nSPS) is 10.6. The van der Waals surface area contributed by atoms with E-state index in [1.165, 1.54) is 11.3 Å². The van der Waals surface area contributed by atoms with Crippen LogP contribution in [0.3, 0.4) is 0 Å². The molecule has 0 atom stereocenters. The second-order valence-corrected chi connectivity index (χ2v) is 6.80. The summed E-state index contributed by atoms with van der Waals surface area (Å²) in [5, 5.41) is 9.14. The van der Waals surface area contributed by atoms with Crippen molar-refractivity contribution in [2.45, 2.75) is 6.92 Å². The fourth-order valence-electron chi connectivity index (χ4n) is 2.45. The molecule has 4 aromatic rings. The van der Waals surface area contributed by atoms with E-state index >= 15 is 0 Å². The molecule has 140 valence electrons. The highest BCUT2D eigenvalue weighted by molar-refractivity contribution is 7.13. The van der Waals surface area contributed by atoms with Gasteiger partial charge in [-0.2, -0.15) is 4.98 Å². The number of rotatable bonds is 6. The van der Waals surface area contributed by atoms with Crippen molar-refractivity contribution in [3.8, 4) is 28.6 Å². The molecule has 1 amide bonds. The van der Waals surface area contributed by atoms with Crippen molar-refractivity contribution in [2.24, 2.45) is 0 Å². The predicted octanol–water partition coefficient (Wildman–Crippen LogP) is 4.19. The minimum absolute atomic E-state index is 0.101. The molecule has 0 fully saturated rings. The van der Waals surface area contributed by atoms with Gasteiger partial charge in [-0.25, -0.2) is 4.98 Å². The Kier molecular flexibility index (Phi) is 5.11. The largest absolute Gasteiger partial charge is 0.484 e. The van der Waals surface area contributed by atoms with Crippen molar-refractivity contribution < 1.29 is 14.1 Å². The van der Waals surface area contributed by atoms with Crippen LogP contribution in [0.15, 0.2) is 64.5 Å². The Hall–Kier alpha value is -3.52. The van der Waals surface area contributed by atoms with Gasteiger partial charge in [0.1, 0.15) is 5.75 Å². The first kappa shape index (κ1) is 17.9. The second kappa shape index (κ2) is 8.01. The van der Waals surface area contributed by atoms with Crippen molar-refractivity contribution in [3.05, 3.63) is 65.7 Å². The van der Waals surface area contributed by atoms with Gasteiger partial charge >= 0.3 is 0 Å². The van der Waals surface area contributed by atoms with Gasteiger partial charge in [-0.05, 0) is 31.2 Å². The van der Waals surface area contributed by atoms with E-state index in [2.05, 4.69) is 20.4 Å². The molecule has 0 saturated heterocycles. The van der Waals surface area contributed by atoms with Crippen LogP contribution in [0.2, 0.25) is 0 Å². The van der Waals surface area contributed by atoms with Gasteiger partial charge < -0.3 is 9.26 Å². The number of amides is 1. The third-order valence-corrected chi connectivity index (χ3v) is 4.67. The number of nitrogens with zero attached hydrogens (tertiary/aromatic N) is 3. The van der Waals surface area contributed by atoms with Crippen LogP contribution in [0, 0.1) is 6.92 Å². The third kappa shape index (κ3) is 4.24. The van der Waals surface area contributed by atoms with Crippen molar-refractivity contribution in [2.75, 3.05) is 11.9 Å². The first-order chi connectivity index (χ1) is 13.7. The average Bonchev–Trinajstić information content (AvgIpc) is 3.37. The topological polar surface area (TPSA) is 90.1 Å². The quantitative estimate of drug-likeness (QED) is 0.529. The molecule has 0 saturated carbocycles. The van der Waals surface area contributed by atoms with Gasteiger partial charge in [0.05, 0.1) is 5.69 Å². The molecular formula is C20H16N4O3S. The fraction of sp³-hybridized carbons (Fsp3) is 0.100. The fourth-order valence-corrected chi connectivity index (χ4v) is 3.16. The number of carbonyl (C=O) groups is 1. The summed E-state index contributed by atoms with van der Waals surface area (Å²) in [5.74, 6) is 1.26. The maximum absolute atomic E-state index is 11.9. The zero-order valence-electron chi connectivity index (χ0n) is 15.0. The van der Waals surface area contributed by atoms with E-state index < -0.39 is 0 Å². The number of aryl methyl sites for hydroxylation is 1. The molecule has 0 aliphatic rings. The second-order valence-electron chi connectivity index (χ2n) is 5.94. The molecule has 7 nitrogen and oxygen atoms in total. The lowest BCUT2D eigenvalue weighted by Crippen LogP contribution is -2.20. The van der Waals surface area contributed by atoms with Crippen LogP contribution in [-0.2, 0) is 4.79 Å². The van der Waals surface area contributed by atoms with Crippen LogP contribution in [-0.4, -0.2) is 27.6 Å². The molecule has 0 aliphatic heterocycles. The molecule has 0 aliphatic carbocycles. The standard InChI is InChI=1S/C20H16N4O3S/c1-13-12-28-20(21-13)22-17(25)11-26-16-9-7-15(8-10-16)19-23-18(24-27-19)14-5-3-2-4-6-14/h2-10,12H,11H2,1H3,(H,21,22,25). The van der Waals surface area contributed by atoms with E-state index in [1.807, 2.05) is 42.6 Å². The van der Waals surface area contributed by atoms with E-state index in [0.717, 1.165) is 16.8 Å². The Morgan fingerprint density at radius 3 is 2.57 bits per heavy atom. The number of thiazole rings is 1. The first-order valence-electron chi connectivity index (χ1n) is 8.52. The molecule has 0 spiro atoms. The van der Waals surface area contributed by atoms with Crippen LogP contribution in [0.25, 0.3) is 22.8 Å². The molecule has 0 radical (unpaired) electrons. The molecule has 2 heterocycles. The Balaban J connectivity index is 1.36. The van der Waals surface area contributed by atoms with E-state index in [1.54, 1.807) is 24.3 Å². The third-order valence-electron chi connectivity index (χ3n) is 3.79. The van der Waals surface area contributed by atoms with Crippen molar-refractivity contribution in [3.63, 3.8) is 0 Å². The van der Waals surface area contributed by atoms with Gasteiger partial charge in [-0.15, -0.1) is 11.3 Å². The number of ether oxygens (including phenoxy) is 1. The van der Waals surface area contributed by atoms with Crippen LogP contribution in [0.1, 0.15) is 5.69 Å². The van der Waals surface area contributed by atoms with Gasteiger partial charge in [0, 0.05) is 16.5 Å². The number of carbonyl (C=O) groups excluding carboxylic acids is 1. The van der Waals surface area contributed by atoms with Gasteiger partial charge in [0.15, 0.2) is 11.7 Å². The lowest BCUT2D eigenvalue weighted by Gasteiger charge is -2.06. The number of hydrogen-bond acceptors (Lipinski definition) is 7. The molecular weight excluding hydrogens is 376 g/mol. The van der Waals surface area contributed by atoms with E-state index in [-0.39, 0.29) is 12.5 Å². The maximum Gasteiger partial charge on any atom is 0.264 e. The zero-order chi connectivity index (χ0) is 19.3. The van der Waals surface area contributed by atoms with Crippen LogP contribution in [0.4, 0.5) is 5.13 Å². The molecule has 2 aromatic carbocycles. The van der Waals surface area contributed by atoms with Gasteiger partial charge in [-0.1, -0.05) is 35.5 Å². The molecule has 0 bridgehead atoms. The number of aromatic nitrogens is 3. The summed E-state index contributed by atoms with van der Waals surface area (Å²) in [4.78, 5) is 20.5. The highest BCUT2D eigenvalue weighted by Crippen LogP contribution is 2.24. The van der Waals surface area contributed by atoms with Crippen LogP contribution in [0.5, 0.6) is 5.75 Å². The van der Waals surface area contributed by atoms with Crippen LogP contribution < -0.4 is 10.1 Å². The van der Waals surface area contributed by atoms with Crippen molar-refractivity contribution in [1.29, 1.82) is 0 Å². The lowest BCUT2D eigenvalue weighted by atomic mass is 10.2. The molecule has 2 aromatic heterocycles. The summed E-state index contributed by atoms with van der Waals surface area (Å²) in [5.41, 5.74) is 2.52. The highest BCUT2D eigenvalue weighted by atomic mass is 32.1. The lowest BCUT2D eigenvalue weighted by molar-refractivity contribution is -0.118. The predicted molar refractivity (Wildman–Crippen MR) is 106 cm³/mol. The van der Waals surface area contributed by atoms with Crippen molar-refractivity contribution >= 4 is 22.4 Å². The van der Waals surface area contributed by atoms with E-state index in [9.17, 15) is 4.79 Å². The SMILES string of the molecule is Cc1csc(NC(=O)COc2ccc(-c3nc(-c4ccccc4)no3)cc2)n1. The Morgan fingerprint density at radius 2 is 1.86 bits per heavy atom. The highest BCUT2D eigenvalue weighted by Gasteiger charge is 2.11. The number of hydrogen-bond donors (Lipinski definition) is 1. The molecule has 0 unspecified atom stereocenters. The molecule has 1 N–H and O–H groups in total. The number of nitrogens with one attached hydrogen (secondary N) is 1. The van der Waals surface area contributed by atoms with Gasteiger partial charge in [0.25, 0.3) is 11.8 Å². The summed E-state index contributed by atoms with van der Waals surface area (Å²) in [7, 11) is 0. The number of benzene rings is 2. The summed E-state index contributed by atoms with van der Waals surface area (Å²) >= 11 is 1.38. The summed E-state index contributed by atoms with van der Waals surface area (Å²) in [6.45, 7) is 1.77. The van der Waals surface area contributed by atoms with E-state index in [4.69, 9.17) is 9.26 Å². The van der Waals surface area contributed by atoms with Crippen molar-refractivity contribution in [1.82, 2.24) is 15.1 Å². The Morgan fingerprint density at radius 1 is 1.07 bits per heavy atom. The minimum Gasteiger partial charge on any atom is -0.484 e. The molecule has 4 rings (SSSR count). The zero-order valence-corrected chi connectivity index (χ0v) is 15.8.